The van der Waals surface area contributed by atoms with E-state index in [1.54, 1.807) is 0 Å². The highest BCUT2D eigenvalue weighted by atomic mass is 16.4. The summed E-state index contributed by atoms with van der Waals surface area (Å²) in [5.41, 5.74) is 19.8. The van der Waals surface area contributed by atoms with Crippen molar-refractivity contribution in [3.63, 3.8) is 0 Å². The largest absolute Gasteiger partial charge is 0.394 e. The summed E-state index contributed by atoms with van der Waals surface area (Å²) in [5, 5.41) is 50.5. The molecule has 0 spiro atoms. The molecule has 0 fully saturated rings. The van der Waals surface area contributed by atoms with Gasteiger partial charge in [0.2, 0.25) is 11.9 Å². The van der Waals surface area contributed by atoms with Crippen LogP contribution in [-0.2, 0) is 0 Å². The summed E-state index contributed by atoms with van der Waals surface area (Å²) in [6.07, 6.45) is -4.23. The average molecular weight is 290 g/mol. The smallest absolute Gasteiger partial charge is 0.211 e. The first-order chi connectivity index (χ1) is 9.29. The second kappa shape index (κ2) is 8.76. The second-order valence-corrected chi connectivity index (χ2v) is 3.50. The van der Waals surface area contributed by atoms with Gasteiger partial charge in [-0.25, -0.2) is 0 Å². The van der Waals surface area contributed by atoms with Crippen molar-refractivity contribution in [2.75, 3.05) is 6.61 Å². The van der Waals surface area contributed by atoms with Crippen LogP contribution >= 0.6 is 0 Å². The molecule has 0 rings (SSSR count). The monoisotopic (exact) mass is 290 g/mol. The Balaban J connectivity index is 5.22. The van der Waals surface area contributed by atoms with Crippen LogP contribution in [0.4, 0.5) is 0 Å². The fourth-order valence-electron chi connectivity index (χ4n) is 0.925. The molecule has 12 N–H and O–H groups in total. The van der Waals surface area contributed by atoms with E-state index in [2.05, 4.69) is 20.4 Å². The Bertz CT molecular complexity index is 413. The fourth-order valence-corrected chi connectivity index (χ4v) is 0.925. The SMILES string of the molecule is NC(N)=N/N=C\C(=N\N=C(N)N)C(O)C(O)C(O)CO. The van der Waals surface area contributed by atoms with Gasteiger partial charge >= 0.3 is 0 Å². The third-order valence-corrected chi connectivity index (χ3v) is 1.85. The van der Waals surface area contributed by atoms with Crippen molar-refractivity contribution in [3.8, 4) is 0 Å². The van der Waals surface area contributed by atoms with Crippen LogP contribution in [0.5, 0.6) is 0 Å². The van der Waals surface area contributed by atoms with Crippen LogP contribution in [0.15, 0.2) is 20.4 Å². The highest BCUT2D eigenvalue weighted by molar-refractivity contribution is 6.32. The van der Waals surface area contributed by atoms with E-state index >= 15 is 0 Å². The lowest BCUT2D eigenvalue weighted by atomic mass is 10.0. The molecular weight excluding hydrogens is 272 g/mol. The molecule has 0 aromatic heterocycles. The summed E-state index contributed by atoms with van der Waals surface area (Å²) in [4.78, 5) is 0. The molecule has 0 saturated heterocycles. The fraction of sp³-hybridized carbons (Fsp3) is 0.500. The molecule has 0 amide bonds. The minimum Gasteiger partial charge on any atom is -0.394 e. The van der Waals surface area contributed by atoms with E-state index in [1.165, 1.54) is 0 Å². The number of nitrogens with zero attached hydrogens (tertiary/aromatic N) is 4. The van der Waals surface area contributed by atoms with E-state index in [-0.39, 0.29) is 11.7 Å². The molecule has 0 saturated carbocycles. The van der Waals surface area contributed by atoms with Gasteiger partial charge in [0.05, 0.1) is 12.8 Å². The topological polar surface area (TPSA) is 234 Å². The maximum atomic E-state index is 9.75. The van der Waals surface area contributed by atoms with Gasteiger partial charge in [0, 0.05) is 0 Å². The van der Waals surface area contributed by atoms with Crippen molar-refractivity contribution in [1.29, 1.82) is 0 Å². The molecule has 12 heteroatoms. The highest BCUT2D eigenvalue weighted by Crippen LogP contribution is 2.02. The number of hydrogen-bond acceptors (Lipinski definition) is 8. The summed E-state index contributed by atoms with van der Waals surface area (Å²) in [6, 6.07) is 0. The number of nitrogens with two attached hydrogens (primary N) is 4. The lowest BCUT2D eigenvalue weighted by molar-refractivity contribution is -0.0548. The van der Waals surface area contributed by atoms with Gasteiger partial charge in [-0.2, -0.15) is 5.10 Å². The van der Waals surface area contributed by atoms with Crippen LogP contribution in [-0.4, -0.2) is 69.2 Å². The zero-order valence-electron chi connectivity index (χ0n) is 10.4. The molecule has 0 aliphatic carbocycles. The van der Waals surface area contributed by atoms with Gasteiger partial charge in [-0.3, -0.25) is 0 Å². The van der Waals surface area contributed by atoms with E-state index in [4.69, 9.17) is 28.0 Å². The lowest BCUT2D eigenvalue weighted by Crippen LogP contribution is -2.44. The zero-order valence-corrected chi connectivity index (χ0v) is 10.4. The number of rotatable bonds is 7. The molecule has 0 aliphatic heterocycles. The van der Waals surface area contributed by atoms with E-state index in [0.717, 1.165) is 6.21 Å². The first-order valence-corrected chi connectivity index (χ1v) is 5.23. The molecule has 0 heterocycles. The number of aliphatic hydroxyl groups excluding tert-OH is 4. The van der Waals surface area contributed by atoms with Gasteiger partial charge in [0.1, 0.15) is 24.0 Å². The minimum atomic E-state index is -1.75. The predicted octanol–water partition coefficient (Wildman–Crippen LogP) is -5.05. The summed E-state index contributed by atoms with van der Waals surface area (Å²) >= 11 is 0. The zero-order chi connectivity index (χ0) is 15.7. The van der Waals surface area contributed by atoms with E-state index in [1.807, 2.05) is 0 Å². The van der Waals surface area contributed by atoms with Crippen LogP contribution in [0.1, 0.15) is 0 Å². The molecule has 0 bridgehead atoms. The third-order valence-electron chi connectivity index (χ3n) is 1.85. The van der Waals surface area contributed by atoms with Crippen molar-refractivity contribution >= 4 is 23.8 Å². The van der Waals surface area contributed by atoms with E-state index in [9.17, 15) is 15.3 Å². The van der Waals surface area contributed by atoms with Crippen LogP contribution in [0, 0.1) is 0 Å². The van der Waals surface area contributed by atoms with Crippen molar-refractivity contribution < 1.29 is 20.4 Å². The van der Waals surface area contributed by atoms with E-state index in [0.29, 0.717) is 0 Å². The Hall–Kier alpha value is -2.28. The summed E-state index contributed by atoms with van der Waals surface area (Å²) in [7, 11) is 0. The Morgan fingerprint density at radius 1 is 0.950 bits per heavy atom. The van der Waals surface area contributed by atoms with Crippen LogP contribution in [0.2, 0.25) is 0 Å². The molecule has 20 heavy (non-hydrogen) atoms. The average Bonchev–Trinajstić information content (AvgIpc) is 2.39. The van der Waals surface area contributed by atoms with Gasteiger partial charge in [0.15, 0.2) is 0 Å². The molecule has 0 radical (unpaired) electrons. The summed E-state index contributed by atoms with van der Waals surface area (Å²) in [6.45, 7) is -0.779. The molecule has 12 nitrogen and oxygen atoms in total. The Morgan fingerprint density at radius 2 is 1.50 bits per heavy atom. The number of hydrogen-bond donors (Lipinski definition) is 8. The Labute approximate surface area is 113 Å². The molecule has 3 unspecified atom stereocenters. The number of guanidine groups is 2. The minimum absolute atomic E-state index is 0.344. The van der Waals surface area contributed by atoms with Crippen molar-refractivity contribution in [2.24, 2.45) is 43.3 Å². The van der Waals surface area contributed by atoms with Gasteiger partial charge in [-0.15, -0.1) is 15.3 Å². The van der Waals surface area contributed by atoms with Crippen molar-refractivity contribution in [3.05, 3.63) is 0 Å². The standard InChI is InChI=1S/C8H18N8O4/c9-7(10)15-13-1-3(14-16-8(11)12)5(19)6(20)4(18)2-17/h1,4-6,17-20H,2H2,(H4,9,10,15)(H4,11,12,16)/b13-1-,14-3-. The summed E-state index contributed by atoms with van der Waals surface area (Å²) < 4.78 is 0. The first-order valence-electron chi connectivity index (χ1n) is 5.23. The van der Waals surface area contributed by atoms with E-state index < -0.39 is 30.9 Å². The van der Waals surface area contributed by atoms with Crippen LogP contribution < -0.4 is 22.9 Å². The third kappa shape index (κ3) is 6.60. The Morgan fingerprint density at radius 3 is 1.95 bits per heavy atom. The molecule has 0 aromatic rings. The van der Waals surface area contributed by atoms with Crippen LogP contribution in [0.25, 0.3) is 0 Å². The lowest BCUT2D eigenvalue weighted by Gasteiger charge is -2.20. The van der Waals surface area contributed by atoms with Crippen molar-refractivity contribution in [2.45, 2.75) is 18.3 Å². The predicted molar refractivity (Wildman–Crippen MR) is 72.7 cm³/mol. The maximum Gasteiger partial charge on any atom is 0.211 e. The van der Waals surface area contributed by atoms with Gasteiger partial charge in [-0.1, -0.05) is 0 Å². The molecule has 0 aromatic carbocycles. The Kier molecular flexibility index (Phi) is 7.76. The van der Waals surface area contributed by atoms with Gasteiger partial charge in [0.25, 0.3) is 0 Å². The quantitative estimate of drug-likeness (QED) is 0.128. The highest BCUT2D eigenvalue weighted by Gasteiger charge is 2.27. The van der Waals surface area contributed by atoms with Crippen molar-refractivity contribution in [1.82, 2.24) is 0 Å². The summed E-state index contributed by atoms with van der Waals surface area (Å²) in [5.74, 6) is -0.769. The second-order valence-electron chi connectivity index (χ2n) is 3.50. The normalized spacial score (nSPS) is 16.5. The molecular formula is C8H18N8O4. The van der Waals surface area contributed by atoms with Crippen LogP contribution in [0.3, 0.4) is 0 Å². The van der Waals surface area contributed by atoms with Gasteiger partial charge < -0.3 is 43.4 Å². The first kappa shape index (κ1) is 17.7. The van der Waals surface area contributed by atoms with Gasteiger partial charge in [-0.05, 0) is 0 Å². The molecule has 3 atom stereocenters. The maximum absolute atomic E-state index is 9.75. The molecule has 0 aliphatic rings. The number of aliphatic hydroxyl groups is 4. The molecule has 114 valence electrons.